The van der Waals surface area contributed by atoms with Crippen LogP contribution in [-0.2, 0) is 0 Å². The Morgan fingerprint density at radius 3 is 2.57 bits per heavy atom. The van der Waals surface area contributed by atoms with Crippen LogP contribution in [0.25, 0.3) is 0 Å². The molecule has 0 amide bonds. The standard InChI is InChI=1S/C4H11NOS/c6-3-1-5-2-4-7/h5-7H,1-4H2. The Bertz CT molecular complexity index is 30.9. The van der Waals surface area contributed by atoms with Crippen molar-refractivity contribution in [2.75, 3.05) is 25.4 Å². The van der Waals surface area contributed by atoms with E-state index in [1.165, 1.54) is 0 Å². The second-order valence-electron chi connectivity index (χ2n) is 1.20. The highest BCUT2D eigenvalue weighted by molar-refractivity contribution is 7.80. The molecule has 0 spiro atoms. The molecular weight excluding hydrogens is 110 g/mol. The lowest BCUT2D eigenvalue weighted by Crippen LogP contribution is -2.19. The molecule has 0 radical (unpaired) electrons. The largest absolute Gasteiger partial charge is 0.395 e. The van der Waals surface area contributed by atoms with Crippen molar-refractivity contribution < 1.29 is 5.11 Å². The molecule has 0 aromatic carbocycles. The summed E-state index contributed by atoms with van der Waals surface area (Å²) < 4.78 is 0. The van der Waals surface area contributed by atoms with E-state index in [2.05, 4.69) is 17.9 Å². The van der Waals surface area contributed by atoms with E-state index in [1.807, 2.05) is 0 Å². The van der Waals surface area contributed by atoms with Crippen molar-refractivity contribution in [3.63, 3.8) is 0 Å². The highest BCUT2D eigenvalue weighted by atomic mass is 32.1. The minimum Gasteiger partial charge on any atom is -0.395 e. The molecule has 0 aromatic rings. The quantitative estimate of drug-likeness (QED) is 0.346. The molecule has 2 nitrogen and oxygen atoms in total. The fourth-order valence-electron chi connectivity index (χ4n) is 0.283. The summed E-state index contributed by atoms with van der Waals surface area (Å²) in [6, 6.07) is 0. The minimum absolute atomic E-state index is 0.216. The summed E-state index contributed by atoms with van der Waals surface area (Å²) in [5.41, 5.74) is 0. The van der Waals surface area contributed by atoms with Gasteiger partial charge in [-0.25, -0.2) is 0 Å². The van der Waals surface area contributed by atoms with E-state index in [4.69, 9.17) is 5.11 Å². The van der Waals surface area contributed by atoms with Crippen LogP contribution in [0.3, 0.4) is 0 Å². The van der Waals surface area contributed by atoms with Gasteiger partial charge in [0.15, 0.2) is 0 Å². The Hall–Kier alpha value is 0.270. The molecule has 0 atom stereocenters. The molecule has 2 N–H and O–H groups in total. The number of rotatable bonds is 4. The fourth-order valence-corrected chi connectivity index (χ4v) is 0.441. The van der Waals surface area contributed by atoms with Gasteiger partial charge in [0.05, 0.1) is 6.61 Å². The van der Waals surface area contributed by atoms with E-state index in [1.54, 1.807) is 0 Å². The van der Waals surface area contributed by atoms with Gasteiger partial charge in [0.1, 0.15) is 0 Å². The van der Waals surface area contributed by atoms with Gasteiger partial charge < -0.3 is 10.4 Å². The zero-order valence-corrected chi connectivity index (χ0v) is 5.12. The van der Waals surface area contributed by atoms with Crippen LogP contribution in [-0.4, -0.2) is 30.6 Å². The molecule has 0 aliphatic heterocycles. The van der Waals surface area contributed by atoms with Crippen molar-refractivity contribution in [2.45, 2.75) is 0 Å². The molecule has 44 valence electrons. The summed E-state index contributed by atoms with van der Waals surface area (Å²) in [6.07, 6.45) is 0. The van der Waals surface area contributed by atoms with Crippen molar-refractivity contribution in [3.8, 4) is 0 Å². The van der Waals surface area contributed by atoms with Gasteiger partial charge in [-0.3, -0.25) is 0 Å². The summed E-state index contributed by atoms with van der Waals surface area (Å²) in [6.45, 7) is 1.78. The Morgan fingerprint density at radius 2 is 2.14 bits per heavy atom. The molecule has 0 saturated carbocycles. The van der Waals surface area contributed by atoms with E-state index < -0.39 is 0 Å². The molecule has 0 aliphatic carbocycles. The highest BCUT2D eigenvalue weighted by Crippen LogP contribution is 1.65. The Balaban J connectivity index is 2.45. The average Bonchev–Trinajstić information content (AvgIpc) is 1.69. The predicted molar refractivity (Wildman–Crippen MR) is 33.8 cm³/mol. The number of hydrogen-bond donors (Lipinski definition) is 3. The van der Waals surface area contributed by atoms with Crippen LogP contribution in [0.5, 0.6) is 0 Å². The second kappa shape index (κ2) is 6.27. The first kappa shape index (κ1) is 7.27. The first-order chi connectivity index (χ1) is 3.41. The maximum Gasteiger partial charge on any atom is 0.0555 e. The summed E-state index contributed by atoms with van der Waals surface area (Å²) in [5.74, 6) is 0.833. The number of thiol groups is 1. The Kier molecular flexibility index (Phi) is 6.51. The normalized spacial score (nSPS) is 9.43. The van der Waals surface area contributed by atoms with Crippen molar-refractivity contribution in [2.24, 2.45) is 0 Å². The van der Waals surface area contributed by atoms with Crippen molar-refractivity contribution in [1.82, 2.24) is 5.32 Å². The topological polar surface area (TPSA) is 32.3 Å². The maximum atomic E-state index is 8.21. The molecule has 0 heterocycles. The van der Waals surface area contributed by atoms with Crippen LogP contribution in [0.1, 0.15) is 0 Å². The molecule has 0 saturated heterocycles. The predicted octanol–water partition coefficient (Wildman–Crippen LogP) is -0.502. The minimum atomic E-state index is 0.216. The monoisotopic (exact) mass is 121 g/mol. The number of hydrogen-bond acceptors (Lipinski definition) is 3. The van der Waals surface area contributed by atoms with E-state index >= 15 is 0 Å². The molecule has 0 rings (SSSR count). The Labute approximate surface area is 49.3 Å². The lowest BCUT2D eigenvalue weighted by Gasteiger charge is -1.94. The lowest BCUT2D eigenvalue weighted by atomic mass is 10.6. The second-order valence-corrected chi connectivity index (χ2v) is 1.64. The average molecular weight is 121 g/mol. The van der Waals surface area contributed by atoms with Crippen LogP contribution in [0, 0.1) is 0 Å². The molecule has 0 fully saturated rings. The van der Waals surface area contributed by atoms with Gasteiger partial charge in [0, 0.05) is 18.8 Å². The van der Waals surface area contributed by atoms with E-state index in [9.17, 15) is 0 Å². The zero-order chi connectivity index (χ0) is 5.54. The van der Waals surface area contributed by atoms with Crippen LogP contribution < -0.4 is 5.32 Å². The summed E-state index contributed by atoms with van der Waals surface area (Å²) in [5, 5.41) is 11.2. The summed E-state index contributed by atoms with van der Waals surface area (Å²) >= 11 is 3.95. The highest BCUT2D eigenvalue weighted by Gasteiger charge is 1.77. The summed E-state index contributed by atoms with van der Waals surface area (Å²) in [4.78, 5) is 0. The van der Waals surface area contributed by atoms with Gasteiger partial charge in [-0.15, -0.1) is 0 Å². The van der Waals surface area contributed by atoms with Crippen molar-refractivity contribution in [1.29, 1.82) is 0 Å². The first-order valence-corrected chi connectivity index (χ1v) is 2.97. The van der Waals surface area contributed by atoms with Gasteiger partial charge in [-0.05, 0) is 0 Å². The van der Waals surface area contributed by atoms with Crippen LogP contribution in [0.15, 0.2) is 0 Å². The molecule has 0 bridgehead atoms. The lowest BCUT2D eigenvalue weighted by molar-refractivity contribution is 0.294. The van der Waals surface area contributed by atoms with Gasteiger partial charge in [0.2, 0.25) is 0 Å². The van der Waals surface area contributed by atoms with Crippen LogP contribution >= 0.6 is 12.6 Å². The molecular formula is C4H11NOS. The Morgan fingerprint density at radius 1 is 1.43 bits per heavy atom. The molecule has 7 heavy (non-hydrogen) atoms. The SMILES string of the molecule is OCCNCCS. The molecule has 3 heteroatoms. The van der Waals surface area contributed by atoms with E-state index in [-0.39, 0.29) is 6.61 Å². The third-order valence-corrected chi connectivity index (χ3v) is 0.801. The van der Waals surface area contributed by atoms with Crippen molar-refractivity contribution in [3.05, 3.63) is 0 Å². The smallest absolute Gasteiger partial charge is 0.0555 e. The van der Waals surface area contributed by atoms with Gasteiger partial charge in [0.25, 0.3) is 0 Å². The van der Waals surface area contributed by atoms with Gasteiger partial charge in [-0.2, -0.15) is 12.6 Å². The number of aliphatic hydroxyl groups is 1. The van der Waals surface area contributed by atoms with E-state index in [0.717, 1.165) is 12.3 Å². The van der Waals surface area contributed by atoms with Crippen LogP contribution in [0.4, 0.5) is 0 Å². The van der Waals surface area contributed by atoms with Gasteiger partial charge in [-0.1, -0.05) is 0 Å². The number of aliphatic hydroxyl groups excluding tert-OH is 1. The third kappa shape index (κ3) is 6.27. The molecule has 0 unspecified atom stereocenters. The fraction of sp³-hybridized carbons (Fsp3) is 1.00. The summed E-state index contributed by atoms with van der Waals surface area (Å²) in [7, 11) is 0. The molecule has 0 aromatic heterocycles. The first-order valence-electron chi connectivity index (χ1n) is 2.34. The van der Waals surface area contributed by atoms with Gasteiger partial charge >= 0.3 is 0 Å². The van der Waals surface area contributed by atoms with Crippen molar-refractivity contribution >= 4 is 12.6 Å². The third-order valence-electron chi connectivity index (χ3n) is 0.577. The van der Waals surface area contributed by atoms with E-state index in [0.29, 0.717) is 6.54 Å². The maximum absolute atomic E-state index is 8.21. The van der Waals surface area contributed by atoms with Crippen LogP contribution in [0.2, 0.25) is 0 Å². The number of nitrogens with one attached hydrogen (secondary N) is 1. The zero-order valence-electron chi connectivity index (χ0n) is 4.22. The molecule has 0 aliphatic rings.